The summed E-state index contributed by atoms with van der Waals surface area (Å²) in [7, 11) is 3.46. The fourth-order valence-corrected chi connectivity index (χ4v) is 4.28. The largest absolute Gasteiger partial charge is 0.497 e. The van der Waals surface area contributed by atoms with Gasteiger partial charge >= 0.3 is 0 Å². The number of methoxy groups -OCH3 is 1. The molecule has 150 valence electrons. The number of hydrogen-bond donors (Lipinski definition) is 2. The molecule has 0 spiro atoms. The summed E-state index contributed by atoms with van der Waals surface area (Å²) in [6.07, 6.45) is 0. The highest BCUT2D eigenvalue weighted by atomic mass is 127. The van der Waals surface area contributed by atoms with Gasteiger partial charge in [0, 0.05) is 16.8 Å². The van der Waals surface area contributed by atoms with Crippen LogP contribution in [0, 0.1) is 13.8 Å². The molecule has 0 radical (unpaired) electrons. The van der Waals surface area contributed by atoms with Crippen LogP contribution < -0.4 is 15.4 Å². The monoisotopic (exact) mass is 528 g/mol. The summed E-state index contributed by atoms with van der Waals surface area (Å²) in [5.41, 5.74) is 3.51. The quantitative estimate of drug-likeness (QED) is 0.269. The Hall–Kier alpha value is -1.65. The summed E-state index contributed by atoms with van der Waals surface area (Å²) in [6, 6.07) is 10.3. The van der Waals surface area contributed by atoms with E-state index in [0.717, 1.165) is 29.0 Å². The van der Waals surface area contributed by atoms with E-state index in [4.69, 9.17) is 4.74 Å². The molecule has 0 atom stereocenters. The molecule has 3 rings (SSSR count). The van der Waals surface area contributed by atoms with Gasteiger partial charge in [-0.3, -0.25) is 4.99 Å². The van der Waals surface area contributed by atoms with E-state index in [1.807, 2.05) is 19.1 Å². The van der Waals surface area contributed by atoms with Gasteiger partial charge in [0.25, 0.3) is 0 Å². The first kappa shape index (κ1) is 22.6. The first-order valence-corrected chi connectivity index (χ1v) is 10.4. The lowest BCUT2D eigenvalue weighted by Gasteiger charge is -2.09. The molecule has 5 nitrogen and oxygen atoms in total. The maximum Gasteiger partial charge on any atom is 0.191 e. The molecule has 0 saturated carbocycles. The summed E-state index contributed by atoms with van der Waals surface area (Å²) in [5, 5.41) is 9.94. The van der Waals surface area contributed by atoms with Crippen LogP contribution in [0.1, 0.15) is 20.5 Å². The molecule has 0 bridgehead atoms. The van der Waals surface area contributed by atoms with Gasteiger partial charge in [-0.1, -0.05) is 12.1 Å². The normalized spacial score (nSPS) is 11.1. The molecule has 2 aromatic heterocycles. The number of aliphatic imine (C=N–C) groups is 1. The van der Waals surface area contributed by atoms with E-state index in [-0.39, 0.29) is 24.0 Å². The lowest BCUT2D eigenvalue weighted by Crippen LogP contribution is -2.36. The van der Waals surface area contributed by atoms with Gasteiger partial charge in [-0.25, -0.2) is 4.98 Å². The third kappa shape index (κ3) is 5.92. The zero-order valence-corrected chi connectivity index (χ0v) is 20.4. The third-order valence-electron chi connectivity index (χ3n) is 4.21. The van der Waals surface area contributed by atoms with Crippen LogP contribution in [-0.2, 0) is 13.1 Å². The lowest BCUT2D eigenvalue weighted by molar-refractivity contribution is 0.415. The molecule has 28 heavy (non-hydrogen) atoms. The van der Waals surface area contributed by atoms with E-state index in [1.165, 1.54) is 20.9 Å². The van der Waals surface area contributed by atoms with Gasteiger partial charge < -0.3 is 15.4 Å². The van der Waals surface area contributed by atoms with Crippen LogP contribution in [0.2, 0.25) is 0 Å². The van der Waals surface area contributed by atoms with Crippen molar-refractivity contribution in [3.63, 3.8) is 0 Å². The molecule has 0 aliphatic rings. The van der Waals surface area contributed by atoms with E-state index < -0.39 is 0 Å². The number of halogens is 1. The number of nitrogens with one attached hydrogen (secondary N) is 2. The van der Waals surface area contributed by atoms with Crippen LogP contribution in [-0.4, -0.2) is 25.1 Å². The molecule has 0 fully saturated rings. The molecular weight excluding hydrogens is 503 g/mol. The summed E-state index contributed by atoms with van der Waals surface area (Å²) in [4.78, 5) is 11.4. The summed E-state index contributed by atoms with van der Waals surface area (Å²) >= 11 is 3.46. The number of nitrogens with zero attached hydrogens (tertiary/aromatic N) is 2. The van der Waals surface area contributed by atoms with Crippen LogP contribution >= 0.6 is 46.7 Å². The third-order valence-corrected chi connectivity index (χ3v) is 6.22. The van der Waals surface area contributed by atoms with Gasteiger partial charge in [0.1, 0.15) is 10.8 Å². The van der Waals surface area contributed by atoms with Gasteiger partial charge in [-0.2, -0.15) is 0 Å². The number of ether oxygens (including phenoxy) is 1. The van der Waals surface area contributed by atoms with Crippen molar-refractivity contribution in [3.05, 3.63) is 56.2 Å². The van der Waals surface area contributed by atoms with Crippen molar-refractivity contribution in [3.8, 4) is 16.9 Å². The Kier molecular flexibility index (Phi) is 8.71. The van der Waals surface area contributed by atoms with E-state index in [2.05, 4.69) is 51.1 Å². The summed E-state index contributed by atoms with van der Waals surface area (Å²) in [5.74, 6) is 1.65. The highest BCUT2D eigenvalue weighted by Gasteiger charge is 2.07. The molecule has 0 saturated heterocycles. The van der Waals surface area contributed by atoms with Gasteiger partial charge in [-0.15, -0.1) is 46.7 Å². The minimum absolute atomic E-state index is 0. The van der Waals surface area contributed by atoms with Crippen LogP contribution in [0.4, 0.5) is 0 Å². The van der Waals surface area contributed by atoms with Gasteiger partial charge in [-0.05, 0) is 48.6 Å². The second-order valence-corrected chi connectivity index (χ2v) is 8.34. The fourth-order valence-electron chi connectivity index (χ4n) is 2.57. The summed E-state index contributed by atoms with van der Waals surface area (Å²) in [6.45, 7) is 5.55. The number of thiazole rings is 1. The molecular formula is C20H25IN4OS2. The van der Waals surface area contributed by atoms with E-state index in [9.17, 15) is 0 Å². The van der Waals surface area contributed by atoms with Gasteiger partial charge in [0.15, 0.2) is 5.96 Å². The lowest BCUT2D eigenvalue weighted by atomic mass is 10.1. The Morgan fingerprint density at radius 3 is 2.43 bits per heavy atom. The minimum Gasteiger partial charge on any atom is -0.497 e. The second-order valence-electron chi connectivity index (χ2n) is 6.06. The topological polar surface area (TPSA) is 58.5 Å². The zero-order chi connectivity index (χ0) is 19.2. The van der Waals surface area contributed by atoms with Crippen LogP contribution in [0.25, 0.3) is 11.1 Å². The average Bonchev–Trinajstić information content (AvgIpc) is 3.29. The molecule has 8 heteroatoms. The predicted molar refractivity (Wildman–Crippen MR) is 130 cm³/mol. The van der Waals surface area contributed by atoms with Crippen molar-refractivity contribution >= 4 is 52.6 Å². The number of aryl methyl sites for hydroxylation is 2. The Balaban J connectivity index is 0.00000280. The zero-order valence-electron chi connectivity index (χ0n) is 16.4. The first-order valence-electron chi connectivity index (χ1n) is 8.68. The van der Waals surface area contributed by atoms with Crippen LogP contribution in [0.3, 0.4) is 0 Å². The Bertz CT molecular complexity index is 899. The van der Waals surface area contributed by atoms with Crippen molar-refractivity contribution < 1.29 is 4.74 Å². The highest BCUT2D eigenvalue weighted by Crippen LogP contribution is 2.27. The maximum absolute atomic E-state index is 5.22. The standard InChI is InChI=1S/C20H24N4OS2.HI/c1-13-14(2)27-19(24-13)11-23-20(21-3)22-10-18-9-16(12-26-18)15-5-7-17(25-4)8-6-15;/h5-9,12H,10-11H2,1-4H3,(H2,21,22,23);1H. The first-order chi connectivity index (χ1) is 13.1. The highest BCUT2D eigenvalue weighted by molar-refractivity contribution is 14.0. The van der Waals surface area contributed by atoms with Crippen LogP contribution in [0.15, 0.2) is 40.7 Å². The number of thiophene rings is 1. The van der Waals surface area contributed by atoms with E-state index in [0.29, 0.717) is 6.54 Å². The van der Waals surface area contributed by atoms with Crippen molar-refractivity contribution in [2.24, 2.45) is 4.99 Å². The number of hydrogen-bond acceptors (Lipinski definition) is 5. The fraction of sp³-hybridized carbons (Fsp3) is 0.300. The molecule has 2 heterocycles. The minimum atomic E-state index is 0. The number of guanidine groups is 1. The SMILES string of the molecule is CN=C(NCc1cc(-c2ccc(OC)cc2)cs1)NCc1nc(C)c(C)s1.I. The number of aromatic nitrogens is 1. The molecule has 0 aliphatic heterocycles. The predicted octanol–water partition coefficient (Wildman–Crippen LogP) is 4.98. The second kappa shape index (κ2) is 10.8. The Morgan fingerprint density at radius 2 is 1.82 bits per heavy atom. The van der Waals surface area contributed by atoms with Crippen molar-refractivity contribution in [1.29, 1.82) is 0 Å². The average molecular weight is 528 g/mol. The Morgan fingerprint density at radius 1 is 1.11 bits per heavy atom. The number of benzene rings is 1. The molecule has 3 aromatic rings. The maximum atomic E-state index is 5.22. The van der Waals surface area contributed by atoms with E-state index >= 15 is 0 Å². The molecule has 2 N–H and O–H groups in total. The summed E-state index contributed by atoms with van der Waals surface area (Å²) < 4.78 is 5.22. The van der Waals surface area contributed by atoms with Crippen molar-refractivity contribution in [2.75, 3.05) is 14.2 Å². The van der Waals surface area contributed by atoms with E-state index in [1.54, 1.807) is 36.8 Å². The molecule has 1 aromatic carbocycles. The van der Waals surface area contributed by atoms with Crippen LogP contribution in [0.5, 0.6) is 5.75 Å². The Labute approximate surface area is 191 Å². The molecule has 0 unspecified atom stereocenters. The molecule has 0 aliphatic carbocycles. The smallest absolute Gasteiger partial charge is 0.191 e. The van der Waals surface area contributed by atoms with Gasteiger partial charge in [0.2, 0.25) is 0 Å². The van der Waals surface area contributed by atoms with Gasteiger partial charge in [0.05, 0.1) is 25.9 Å². The van der Waals surface area contributed by atoms with Crippen molar-refractivity contribution in [2.45, 2.75) is 26.9 Å². The van der Waals surface area contributed by atoms with Crippen molar-refractivity contribution in [1.82, 2.24) is 15.6 Å². The number of rotatable bonds is 6. The molecule has 0 amide bonds.